The maximum absolute atomic E-state index is 12.4. The van der Waals surface area contributed by atoms with Gasteiger partial charge in [0.2, 0.25) is 5.95 Å². The molecule has 0 fully saturated rings. The van der Waals surface area contributed by atoms with Crippen molar-refractivity contribution in [2.24, 2.45) is 0 Å². The van der Waals surface area contributed by atoms with Crippen LogP contribution in [0.3, 0.4) is 0 Å². The van der Waals surface area contributed by atoms with Crippen molar-refractivity contribution in [1.82, 2.24) is 4.98 Å². The lowest BCUT2D eigenvalue weighted by Gasteiger charge is -1.91. The van der Waals surface area contributed by atoms with Crippen molar-refractivity contribution in [1.29, 1.82) is 5.26 Å². The van der Waals surface area contributed by atoms with E-state index in [0.29, 0.717) is 5.56 Å². The second-order valence-electron chi connectivity index (χ2n) is 1.96. The lowest BCUT2D eigenvalue weighted by Crippen LogP contribution is -1.88. The van der Waals surface area contributed by atoms with Gasteiger partial charge in [0.25, 0.3) is 0 Å². The molecule has 1 rings (SSSR count). The topological polar surface area (TPSA) is 36.7 Å². The number of nitriles is 1. The van der Waals surface area contributed by atoms with Crippen molar-refractivity contribution in [3.63, 3.8) is 0 Å². The molecular weight excluding hydrogens is 131 g/mol. The Balaban J connectivity index is 3.22. The van der Waals surface area contributed by atoms with Crippen LogP contribution in [0.4, 0.5) is 4.39 Å². The fraction of sp³-hybridized carbons (Fsp3) is 0.143. The van der Waals surface area contributed by atoms with Crippen molar-refractivity contribution < 1.29 is 4.39 Å². The van der Waals surface area contributed by atoms with Crippen molar-refractivity contribution in [3.8, 4) is 6.07 Å². The summed E-state index contributed by atoms with van der Waals surface area (Å²) in [5, 5.41) is 8.31. The number of rotatable bonds is 0. The molecule has 0 aliphatic carbocycles. The van der Waals surface area contributed by atoms with Gasteiger partial charge in [-0.25, -0.2) is 4.98 Å². The van der Waals surface area contributed by atoms with E-state index in [9.17, 15) is 4.39 Å². The highest BCUT2D eigenvalue weighted by Crippen LogP contribution is 2.01. The number of aromatic nitrogens is 1. The largest absolute Gasteiger partial charge is 0.214 e. The summed E-state index contributed by atoms with van der Waals surface area (Å²) >= 11 is 0. The van der Waals surface area contributed by atoms with E-state index in [1.54, 1.807) is 13.0 Å². The van der Waals surface area contributed by atoms with Gasteiger partial charge in [-0.1, -0.05) is 0 Å². The first-order valence-corrected chi connectivity index (χ1v) is 2.76. The average Bonchev–Trinajstić information content (AvgIpc) is 1.85. The Hall–Kier alpha value is -1.43. The van der Waals surface area contributed by atoms with Gasteiger partial charge in [-0.2, -0.15) is 9.65 Å². The Morgan fingerprint density at radius 3 is 2.80 bits per heavy atom. The van der Waals surface area contributed by atoms with Crippen LogP contribution in [0.5, 0.6) is 0 Å². The smallest absolute Gasteiger partial charge is 0.209 e. The predicted octanol–water partition coefficient (Wildman–Crippen LogP) is 1.40. The maximum atomic E-state index is 12.4. The molecule has 0 saturated heterocycles. The zero-order chi connectivity index (χ0) is 7.56. The normalized spacial score (nSPS) is 8.90. The highest BCUT2D eigenvalue weighted by molar-refractivity contribution is 5.24. The molecule has 1 aromatic rings. The Labute approximate surface area is 57.9 Å². The van der Waals surface area contributed by atoms with Crippen molar-refractivity contribution in [2.75, 3.05) is 0 Å². The van der Waals surface area contributed by atoms with Crippen LogP contribution in [0.2, 0.25) is 0 Å². The third kappa shape index (κ3) is 1.29. The molecule has 1 aromatic heterocycles. The Bertz CT molecular complexity index is 268. The number of halogens is 1. The van der Waals surface area contributed by atoms with E-state index < -0.39 is 5.95 Å². The van der Waals surface area contributed by atoms with Crippen LogP contribution in [0.25, 0.3) is 0 Å². The Morgan fingerprint density at radius 1 is 1.60 bits per heavy atom. The monoisotopic (exact) mass is 136 g/mol. The average molecular weight is 136 g/mol. The van der Waals surface area contributed by atoms with E-state index in [1.807, 2.05) is 0 Å². The molecule has 10 heavy (non-hydrogen) atoms. The number of pyridine rings is 1. The first-order chi connectivity index (χ1) is 4.72. The minimum Gasteiger partial charge on any atom is -0.209 e. The zero-order valence-electron chi connectivity index (χ0n) is 5.43. The fourth-order valence-electron chi connectivity index (χ4n) is 0.682. The van der Waals surface area contributed by atoms with Gasteiger partial charge < -0.3 is 0 Å². The van der Waals surface area contributed by atoms with Crippen molar-refractivity contribution in [2.45, 2.75) is 6.92 Å². The molecule has 0 aliphatic heterocycles. The predicted molar refractivity (Wildman–Crippen MR) is 33.6 cm³/mol. The summed E-state index contributed by atoms with van der Waals surface area (Å²) < 4.78 is 12.4. The first-order valence-electron chi connectivity index (χ1n) is 2.76. The van der Waals surface area contributed by atoms with Gasteiger partial charge in [-0.15, -0.1) is 0 Å². The van der Waals surface area contributed by atoms with E-state index >= 15 is 0 Å². The van der Waals surface area contributed by atoms with E-state index in [0.717, 1.165) is 0 Å². The summed E-state index contributed by atoms with van der Waals surface area (Å²) in [6.07, 6.45) is 0. The lowest BCUT2D eigenvalue weighted by molar-refractivity contribution is 0.581. The van der Waals surface area contributed by atoms with Gasteiger partial charge in [-0.05, 0) is 24.6 Å². The standard InChI is InChI=1S/C7H5FN2/c1-5-2-6(4-9)10-7(8)3-5/h2-3H,1H3. The van der Waals surface area contributed by atoms with Gasteiger partial charge in [0.15, 0.2) is 0 Å². The van der Waals surface area contributed by atoms with Crippen molar-refractivity contribution in [3.05, 3.63) is 29.3 Å². The molecule has 0 aromatic carbocycles. The molecule has 50 valence electrons. The number of hydrogen-bond acceptors (Lipinski definition) is 2. The molecule has 0 spiro atoms. The van der Waals surface area contributed by atoms with Crippen LogP contribution in [0.1, 0.15) is 11.3 Å². The molecular formula is C7H5FN2. The van der Waals surface area contributed by atoms with Crippen LogP contribution in [0, 0.1) is 24.2 Å². The molecule has 1 heterocycles. The number of hydrogen-bond donors (Lipinski definition) is 0. The van der Waals surface area contributed by atoms with Gasteiger partial charge in [0.1, 0.15) is 11.8 Å². The third-order valence-electron chi connectivity index (χ3n) is 1.05. The van der Waals surface area contributed by atoms with Crippen LogP contribution in [-0.4, -0.2) is 4.98 Å². The minimum atomic E-state index is -0.600. The summed E-state index contributed by atoms with van der Waals surface area (Å²) in [6, 6.07) is 4.57. The van der Waals surface area contributed by atoms with Crippen LogP contribution in [-0.2, 0) is 0 Å². The molecule has 0 radical (unpaired) electrons. The van der Waals surface area contributed by atoms with Gasteiger partial charge >= 0.3 is 0 Å². The summed E-state index contributed by atoms with van der Waals surface area (Å²) in [4.78, 5) is 3.32. The van der Waals surface area contributed by atoms with E-state index in [4.69, 9.17) is 5.26 Å². The molecule has 0 saturated carbocycles. The molecule has 0 amide bonds. The highest BCUT2D eigenvalue weighted by atomic mass is 19.1. The van der Waals surface area contributed by atoms with E-state index in [-0.39, 0.29) is 5.69 Å². The molecule has 0 bridgehead atoms. The number of aryl methyl sites for hydroxylation is 1. The zero-order valence-corrected chi connectivity index (χ0v) is 5.43. The quantitative estimate of drug-likeness (QED) is 0.505. The van der Waals surface area contributed by atoms with Crippen LogP contribution >= 0.6 is 0 Å². The summed E-state index contributed by atoms with van der Waals surface area (Å²) in [7, 11) is 0. The lowest BCUT2D eigenvalue weighted by atomic mass is 10.2. The number of nitrogens with zero attached hydrogens (tertiary/aromatic N) is 2. The highest BCUT2D eigenvalue weighted by Gasteiger charge is 1.96. The van der Waals surface area contributed by atoms with Gasteiger partial charge in [0, 0.05) is 0 Å². The minimum absolute atomic E-state index is 0.123. The molecule has 0 unspecified atom stereocenters. The summed E-state index contributed by atoms with van der Waals surface area (Å²) in [6.45, 7) is 1.71. The van der Waals surface area contributed by atoms with E-state index in [2.05, 4.69) is 4.98 Å². The second kappa shape index (κ2) is 2.44. The Kier molecular flexibility index (Phi) is 1.63. The molecule has 0 aliphatic rings. The SMILES string of the molecule is Cc1cc(F)nc(C#N)c1. The molecule has 0 atom stereocenters. The first kappa shape index (κ1) is 6.69. The van der Waals surface area contributed by atoms with Crippen LogP contribution < -0.4 is 0 Å². The van der Waals surface area contributed by atoms with Crippen LogP contribution in [0.15, 0.2) is 12.1 Å². The van der Waals surface area contributed by atoms with Crippen molar-refractivity contribution >= 4 is 0 Å². The molecule has 0 N–H and O–H groups in total. The molecule has 3 heteroatoms. The van der Waals surface area contributed by atoms with E-state index in [1.165, 1.54) is 12.1 Å². The molecule has 2 nitrogen and oxygen atoms in total. The second-order valence-corrected chi connectivity index (χ2v) is 1.96. The van der Waals surface area contributed by atoms with Gasteiger partial charge in [-0.3, -0.25) is 0 Å². The summed E-state index contributed by atoms with van der Waals surface area (Å²) in [5.41, 5.74) is 0.835. The van der Waals surface area contributed by atoms with Gasteiger partial charge in [0.05, 0.1) is 0 Å². The third-order valence-corrected chi connectivity index (χ3v) is 1.05. The fourth-order valence-corrected chi connectivity index (χ4v) is 0.682. The summed E-state index contributed by atoms with van der Waals surface area (Å²) in [5.74, 6) is -0.600. The maximum Gasteiger partial charge on any atom is 0.214 e. The Morgan fingerprint density at radius 2 is 2.30 bits per heavy atom.